The van der Waals surface area contributed by atoms with E-state index in [1.165, 1.54) is 43.7 Å². The smallest absolute Gasteiger partial charge is 0.322 e. The Hall–Kier alpha value is -6.62. The van der Waals surface area contributed by atoms with Crippen LogP contribution in [0.3, 0.4) is 0 Å². The van der Waals surface area contributed by atoms with Gasteiger partial charge in [0.2, 0.25) is 41.4 Å². The van der Waals surface area contributed by atoms with Crippen LogP contribution < -0.4 is 48.7 Å². The summed E-state index contributed by atoms with van der Waals surface area (Å²) in [5.41, 5.74) is 12.3. The summed E-state index contributed by atoms with van der Waals surface area (Å²) < 4.78 is 0. The van der Waals surface area contributed by atoms with Crippen LogP contribution >= 0.6 is 0 Å². The summed E-state index contributed by atoms with van der Waals surface area (Å²) in [7, 11) is 0. The van der Waals surface area contributed by atoms with Gasteiger partial charge in [0.15, 0.2) is 0 Å². The van der Waals surface area contributed by atoms with Crippen molar-refractivity contribution < 1.29 is 58.5 Å². The number of unbranched alkanes of at least 4 members (excludes halogenated alkanes) is 1. The molecule has 336 valence electrons. The predicted molar refractivity (Wildman–Crippen MR) is 216 cm³/mol. The van der Waals surface area contributed by atoms with Gasteiger partial charge in [-0.15, -0.1) is 0 Å². The van der Waals surface area contributed by atoms with Gasteiger partial charge in [0.25, 0.3) is 0 Å². The van der Waals surface area contributed by atoms with Gasteiger partial charge in [-0.25, -0.2) is 4.98 Å². The third kappa shape index (κ3) is 18.9. The number of phenolic OH excluding ortho intramolecular Hbond substituents is 1. The van der Waals surface area contributed by atoms with Crippen molar-refractivity contribution in [2.24, 2.45) is 17.4 Å². The van der Waals surface area contributed by atoms with Gasteiger partial charge < -0.3 is 69.0 Å². The average Bonchev–Trinajstić information content (AvgIpc) is 3.72. The maximum atomic E-state index is 13.9. The molecule has 2 aromatic rings. The number of amides is 7. The van der Waals surface area contributed by atoms with E-state index in [2.05, 4.69) is 47.2 Å². The SMILES string of the molecule is CC(C)[C@H](NC(=O)[C@H](CCC(=O)O)NC(=O)[C@H](C)NC(=O)[C@H](Cc1ccc(O)cc1)NC(=O)[C@H](Cc1cnc[nH]1)NC(=O)CNC(=O)[C@@H](N)CCCCN)C(=O)NCC(=O)O. The number of aromatic hydroxyl groups is 1. The Bertz CT molecular complexity index is 1810. The van der Waals surface area contributed by atoms with Crippen molar-refractivity contribution in [1.82, 2.24) is 47.2 Å². The number of aromatic amines is 1. The Labute approximate surface area is 351 Å². The summed E-state index contributed by atoms with van der Waals surface area (Å²) in [5, 5.41) is 45.0. The van der Waals surface area contributed by atoms with Crippen LogP contribution in [0.5, 0.6) is 5.75 Å². The molecule has 0 saturated carbocycles. The zero-order valence-corrected chi connectivity index (χ0v) is 34.2. The molecule has 0 saturated heterocycles. The molecule has 2 rings (SSSR count). The second-order valence-corrected chi connectivity index (χ2v) is 14.5. The highest BCUT2D eigenvalue weighted by Gasteiger charge is 2.33. The fourth-order valence-electron chi connectivity index (χ4n) is 5.63. The molecule has 0 unspecified atom stereocenters. The Balaban J connectivity index is 2.27. The van der Waals surface area contributed by atoms with Crippen molar-refractivity contribution in [1.29, 1.82) is 0 Å². The first-order chi connectivity index (χ1) is 28.8. The fourth-order valence-corrected chi connectivity index (χ4v) is 5.63. The van der Waals surface area contributed by atoms with E-state index in [1.54, 1.807) is 13.8 Å². The quantitative estimate of drug-likeness (QED) is 0.0390. The van der Waals surface area contributed by atoms with Crippen LogP contribution in [0.4, 0.5) is 0 Å². The minimum Gasteiger partial charge on any atom is -0.508 e. The second-order valence-electron chi connectivity index (χ2n) is 14.5. The maximum absolute atomic E-state index is 13.9. The van der Waals surface area contributed by atoms with Crippen LogP contribution in [0.1, 0.15) is 64.1 Å². The molecule has 0 aliphatic rings. The van der Waals surface area contributed by atoms with E-state index in [1.807, 2.05) is 0 Å². The van der Waals surface area contributed by atoms with Crippen LogP contribution in [0.25, 0.3) is 0 Å². The Morgan fingerprint density at radius 2 is 1.30 bits per heavy atom. The minimum atomic E-state index is -1.52. The van der Waals surface area contributed by atoms with E-state index >= 15 is 0 Å². The first-order valence-electron chi connectivity index (χ1n) is 19.5. The van der Waals surface area contributed by atoms with Gasteiger partial charge in [-0.3, -0.25) is 43.2 Å². The first-order valence-corrected chi connectivity index (χ1v) is 19.5. The molecule has 23 nitrogen and oxygen atoms in total. The highest BCUT2D eigenvalue weighted by Crippen LogP contribution is 2.13. The van der Waals surface area contributed by atoms with Crippen molar-refractivity contribution in [2.75, 3.05) is 19.6 Å². The van der Waals surface area contributed by atoms with E-state index in [0.717, 1.165) is 0 Å². The third-order valence-corrected chi connectivity index (χ3v) is 9.06. The molecule has 1 aromatic carbocycles. The number of nitrogens with one attached hydrogen (secondary N) is 8. The van der Waals surface area contributed by atoms with Gasteiger partial charge in [0, 0.05) is 31.2 Å². The fraction of sp³-hybridized carbons (Fsp3) is 0.526. The van der Waals surface area contributed by atoms with E-state index in [9.17, 15) is 53.4 Å². The monoisotopic (exact) mass is 859 g/mol. The standard InChI is InChI=1S/C38H57N11O12/c1-20(2)32(38(61)43-18-31(54)55)49-35(58)26(11-12-30(52)53)47-33(56)21(3)45-36(59)27(14-22-7-9-24(50)10-8-22)48-37(60)28(15-23-16-41-19-44-23)46-29(51)17-42-34(57)25(40)6-4-5-13-39/h7-10,16,19-21,25-28,32,50H,4-6,11-15,17-18,39-40H2,1-3H3,(H,41,44)(H,42,57)(H,43,61)(H,45,59)(H,46,51)(H,47,56)(H,48,60)(H,49,58)(H,52,53)(H,54,55)/t21-,25-,26-,27-,28-,32-/m0/s1. The van der Waals surface area contributed by atoms with Crippen molar-refractivity contribution in [2.45, 2.75) is 102 Å². The van der Waals surface area contributed by atoms with Crippen molar-refractivity contribution >= 4 is 53.3 Å². The molecular formula is C38H57N11O12. The number of H-pyrrole nitrogens is 1. The van der Waals surface area contributed by atoms with Gasteiger partial charge >= 0.3 is 11.9 Å². The molecule has 61 heavy (non-hydrogen) atoms. The Morgan fingerprint density at radius 1 is 0.689 bits per heavy atom. The lowest BCUT2D eigenvalue weighted by Gasteiger charge is -2.27. The van der Waals surface area contributed by atoms with Gasteiger partial charge in [0.05, 0.1) is 18.9 Å². The summed E-state index contributed by atoms with van der Waals surface area (Å²) in [6.45, 7) is 3.57. The summed E-state index contributed by atoms with van der Waals surface area (Å²) in [4.78, 5) is 122. The number of carbonyl (C=O) groups is 9. The summed E-state index contributed by atoms with van der Waals surface area (Å²) in [6.07, 6.45) is 3.06. The Morgan fingerprint density at radius 3 is 1.89 bits per heavy atom. The number of aromatic nitrogens is 2. The first kappa shape index (κ1) is 50.5. The number of carboxylic acid groups (broad SMARTS) is 2. The lowest BCUT2D eigenvalue weighted by molar-refractivity contribution is -0.139. The molecular weight excluding hydrogens is 802 g/mol. The van der Waals surface area contributed by atoms with Gasteiger partial charge in [-0.05, 0) is 56.3 Å². The average molecular weight is 860 g/mol. The molecule has 15 N–H and O–H groups in total. The molecule has 0 aliphatic heterocycles. The largest absolute Gasteiger partial charge is 0.508 e. The summed E-state index contributed by atoms with van der Waals surface area (Å²) in [6, 6.07) is -2.13. The zero-order chi connectivity index (χ0) is 45.6. The molecule has 23 heteroatoms. The van der Waals surface area contributed by atoms with Crippen molar-refractivity contribution in [3.05, 3.63) is 48.0 Å². The van der Waals surface area contributed by atoms with E-state index in [0.29, 0.717) is 37.1 Å². The summed E-state index contributed by atoms with van der Waals surface area (Å²) in [5.74, 6) is -9.07. The van der Waals surface area contributed by atoms with Crippen LogP contribution in [0.15, 0.2) is 36.8 Å². The number of carbonyl (C=O) groups excluding carboxylic acids is 7. The molecule has 7 amide bonds. The van der Waals surface area contributed by atoms with E-state index in [-0.39, 0.29) is 18.6 Å². The molecule has 0 fully saturated rings. The minimum absolute atomic E-state index is 0.0767. The van der Waals surface area contributed by atoms with E-state index < -0.39 is 121 Å². The van der Waals surface area contributed by atoms with Crippen LogP contribution in [0.2, 0.25) is 0 Å². The third-order valence-electron chi connectivity index (χ3n) is 9.06. The number of benzene rings is 1. The molecule has 0 bridgehead atoms. The molecule has 0 radical (unpaired) electrons. The van der Waals surface area contributed by atoms with Gasteiger partial charge in [-0.2, -0.15) is 0 Å². The van der Waals surface area contributed by atoms with Gasteiger partial charge in [0.1, 0.15) is 42.5 Å². The van der Waals surface area contributed by atoms with Crippen LogP contribution in [0, 0.1) is 5.92 Å². The second kappa shape index (κ2) is 25.8. The molecule has 1 heterocycles. The zero-order valence-electron chi connectivity index (χ0n) is 34.2. The van der Waals surface area contributed by atoms with E-state index in [4.69, 9.17) is 16.6 Å². The number of hydrogen-bond acceptors (Lipinski definition) is 13. The number of aliphatic carboxylic acids is 2. The lowest BCUT2D eigenvalue weighted by atomic mass is 10.0. The number of imidazole rings is 1. The molecule has 0 spiro atoms. The number of hydrogen-bond donors (Lipinski definition) is 13. The van der Waals surface area contributed by atoms with Gasteiger partial charge in [-0.1, -0.05) is 32.4 Å². The molecule has 6 atom stereocenters. The lowest BCUT2D eigenvalue weighted by Crippen LogP contribution is -2.59. The highest BCUT2D eigenvalue weighted by molar-refractivity contribution is 5.97. The maximum Gasteiger partial charge on any atom is 0.322 e. The summed E-state index contributed by atoms with van der Waals surface area (Å²) >= 11 is 0. The molecule has 1 aromatic heterocycles. The number of nitrogens with zero attached hydrogens (tertiary/aromatic N) is 1. The number of nitrogens with two attached hydrogens (primary N) is 2. The van der Waals surface area contributed by atoms with Crippen molar-refractivity contribution in [3.8, 4) is 5.75 Å². The molecule has 0 aliphatic carbocycles. The number of rotatable bonds is 27. The van der Waals surface area contributed by atoms with Crippen LogP contribution in [-0.2, 0) is 56.0 Å². The normalized spacial score (nSPS) is 13.9. The number of carboxylic acids is 2. The highest BCUT2D eigenvalue weighted by atomic mass is 16.4. The van der Waals surface area contributed by atoms with Crippen LogP contribution in [-0.4, -0.2) is 134 Å². The number of phenols is 1. The Kier molecular flexibility index (Phi) is 21.3. The predicted octanol–water partition coefficient (Wildman–Crippen LogP) is -3.36. The van der Waals surface area contributed by atoms with Crippen molar-refractivity contribution in [3.63, 3.8) is 0 Å². The topological polar surface area (TPSA) is 379 Å².